The number of esters is 2. The smallest absolute Gasteiger partial charge is 0.339 e. The molecule has 2 rings (SSSR count). The van der Waals surface area contributed by atoms with Crippen LogP contribution < -0.4 is 5.73 Å². The highest BCUT2D eigenvalue weighted by Gasteiger charge is 2.53. The molecule has 130 valence electrons. The lowest BCUT2D eigenvalue weighted by molar-refractivity contribution is -0.150. The van der Waals surface area contributed by atoms with Crippen LogP contribution in [0.1, 0.15) is 25.3 Å². The van der Waals surface area contributed by atoms with E-state index in [0.29, 0.717) is 0 Å². The third kappa shape index (κ3) is 3.13. The van der Waals surface area contributed by atoms with E-state index in [4.69, 9.17) is 15.2 Å². The molecule has 0 radical (unpaired) electrons. The van der Waals surface area contributed by atoms with Gasteiger partial charge in [0.2, 0.25) is 5.41 Å². The van der Waals surface area contributed by atoms with Crippen molar-refractivity contribution in [3.63, 3.8) is 0 Å². The molecule has 0 heterocycles. The average molecular weight is 340 g/mol. The Morgan fingerprint density at radius 1 is 1.20 bits per heavy atom. The molecule has 1 aromatic rings. The minimum absolute atomic E-state index is 0.00336. The molecular formula is C19H20N2O4. The first-order chi connectivity index (χ1) is 12.0. The highest BCUT2D eigenvalue weighted by molar-refractivity contribution is 5.97. The predicted octanol–water partition coefficient (Wildman–Crippen LogP) is 2.19. The van der Waals surface area contributed by atoms with Gasteiger partial charge in [-0.25, -0.2) is 9.59 Å². The van der Waals surface area contributed by atoms with Crippen molar-refractivity contribution < 1.29 is 19.1 Å². The molecule has 25 heavy (non-hydrogen) atoms. The molecule has 1 aliphatic carbocycles. The fraction of sp³-hybridized carbons (Fsp3) is 0.316. The third-order valence-electron chi connectivity index (χ3n) is 4.06. The van der Waals surface area contributed by atoms with Crippen molar-refractivity contribution in [1.82, 2.24) is 0 Å². The number of nitrogens with zero attached hydrogens (tertiary/aromatic N) is 1. The topological polar surface area (TPSA) is 102 Å². The molecular weight excluding hydrogens is 320 g/mol. The van der Waals surface area contributed by atoms with Crippen molar-refractivity contribution in [1.29, 1.82) is 5.26 Å². The summed E-state index contributed by atoms with van der Waals surface area (Å²) in [6.07, 6.45) is 3.12. The fourth-order valence-corrected chi connectivity index (χ4v) is 2.87. The van der Waals surface area contributed by atoms with Gasteiger partial charge in [0.25, 0.3) is 0 Å². The van der Waals surface area contributed by atoms with Crippen LogP contribution in [0.15, 0.2) is 53.8 Å². The molecule has 0 bridgehead atoms. The van der Waals surface area contributed by atoms with Gasteiger partial charge in [0.1, 0.15) is 0 Å². The van der Waals surface area contributed by atoms with Crippen molar-refractivity contribution in [2.45, 2.75) is 19.8 Å². The lowest BCUT2D eigenvalue weighted by atomic mass is 9.67. The summed E-state index contributed by atoms with van der Waals surface area (Å²) >= 11 is 0. The number of nitriles is 1. The molecule has 6 nitrogen and oxygen atoms in total. The number of hydrogen-bond acceptors (Lipinski definition) is 6. The predicted molar refractivity (Wildman–Crippen MR) is 90.8 cm³/mol. The zero-order chi connectivity index (χ0) is 18.4. The van der Waals surface area contributed by atoms with E-state index in [1.165, 1.54) is 6.08 Å². The molecule has 0 unspecified atom stereocenters. The molecule has 0 aliphatic heterocycles. The molecule has 0 amide bonds. The van der Waals surface area contributed by atoms with Crippen LogP contribution in [-0.4, -0.2) is 25.2 Å². The average Bonchev–Trinajstić information content (AvgIpc) is 2.62. The largest absolute Gasteiger partial charge is 0.464 e. The summed E-state index contributed by atoms with van der Waals surface area (Å²) in [7, 11) is 0. The highest BCUT2D eigenvalue weighted by Crippen LogP contribution is 2.46. The number of allylic oxidation sites excluding steroid dienone is 1. The molecule has 6 heteroatoms. The van der Waals surface area contributed by atoms with Crippen molar-refractivity contribution in [2.75, 3.05) is 13.2 Å². The standard InChI is InChI=1S/C19H20N2O4/c1-3-24-17(22)14-10-11-15(13-8-6-5-7-9-13)19(12-20,16(14)21)18(23)25-4-2/h5-11,15H,3-4,21H2,1-2H3/t15-,19+/m1/s1. The zero-order valence-electron chi connectivity index (χ0n) is 14.2. The second-order valence-corrected chi connectivity index (χ2v) is 5.44. The van der Waals surface area contributed by atoms with E-state index >= 15 is 0 Å². The van der Waals surface area contributed by atoms with Crippen LogP contribution in [-0.2, 0) is 19.1 Å². The Morgan fingerprint density at radius 3 is 2.40 bits per heavy atom. The van der Waals surface area contributed by atoms with Gasteiger partial charge in [-0.3, -0.25) is 0 Å². The minimum atomic E-state index is -1.83. The normalized spacial score (nSPS) is 22.2. The maximum Gasteiger partial charge on any atom is 0.339 e. The molecule has 0 saturated carbocycles. The lowest BCUT2D eigenvalue weighted by Crippen LogP contribution is -2.44. The zero-order valence-corrected chi connectivity index (χ0v) is 14.2. The summed E-state index contributed by atoms with van der Waals surface area (Å²) in [5.74, 6) is -2.13. The SMILES string of the molecule is CCOC(=O)C1=C(N)[C@@](C#N)(C(=O)OCC)[C@@H](c2ccccc2)C=C1. The maximum atomic E-state index is 12.7. The van der Waals surface area contributed by atoms with Crippen LogP contribution in [0.2, 0.25) is 0 Å². The van der Waals surface area contributed by atoms with Gasteiger partial charge in [-0.2, -0.15) is 5.26 Å². The van der Waals surface area contributed by atoms with E-state index < -0.39 is 23.3 Å². The Hall–Kier alpha value is -3.07. The van der Waals surface area contributed by atoms with E-state index in [1.807, 2.05) is 12.1 Å². The summed E-state index contributed by atoms with van der Waals surface area (Å²) in [4.78, 5) is 24.9. The van der Waals surface area contributed by atoms with E-state index in [0.717, 1.165) is 5.56 Å². The van der Waals surface area contributed by atoms with E-state index in [-0.39, 0.29) is 24.5 Å². The Balaban J connectivity index is 2.65. The number of nitrogens with two attached hydrogens (primary N) is 1. The lowest BCUT2D eigenvalue weighted by Gasteiger charge is -2.35. The van der Waals surface area contributed by atoms with E-state index in [1.54, 1.807) is 44.2 Å². The van der Waals surface area contributed by atoms with Gasteiger partial charge in [-0.15, -0.1) is 0 Å². The van der Waals surface area contributed by atoms with Crippen LogP contribution in [0.4, 0.5) is 0 Å². The summed E-state index contributed by atoms with van der Waals surface area (Å²) in [6.45, 7) is 3.56. The number of carbonyl (C=O) groups excluding carboxylic acids is 2. The Morgan fingerprint density at radius 2 is 1.84 bits per heavy atom. The highest BCUT2D eigenvalue weighted by atomic mass is 16.5. The van der Waals surface area contributed by atoms with Gasteiger partial charge in [0.15, 0.2) is 0 Å². The van der Waals surface area contributed by atoms with Crippen LogP contribution in [0.5, 0.6) is 0 Å². The quantitative estimate of drug-likeness (QED) is 0.824. The number of carbonyl (C=O) groups is 2. The Labute approximate surface area is 146 Å². The van der Waals surface area contributed by atoms with E-state index in [2.05, 4.69) is 0 Å². The molecule has 1 aromatic carbocycles. The second-order valence-electron chi connectivity index (χ2n) is 5.44. The van der Waals surface area contributed by atoms with Crippen molar-refractivity contribution >= 4 is 11.9 Å². The van der Waals surface area contributed by atoms with Crippen LogP contribution in [0, 0.1) is 16.7 Å². The summed E-state index contributed by atoms with van der Waals surface area (Å²) in [5.41, 5.74) is 4.91. The summed E-state index contributed by atoms with van der Waals surface area (Å²) in [6, 6.07) is 11.0. The number of benzene rings is 1. The molecule has 2 atom stereocenters. The summed E-state index contributed by atoms with van der Waals surface area (Å²) in [5, 5.41) is 9.92. The Kier molecular flexibility index (Phi) is 5.60. The first kappa shape index (κ1) is 18.3. The Bertz CT molecular complexity index is 761. The monoisotopic (exact) mass is 340 g/mol. The first-order valence-corrected chi connectivity index (χ1v) is 8.01. The number of hydrogen-bond donors (Lipinski definition) is 1. The third-order valence-corrected chi connectivity index (χ3v) is 4.06. The second kappa shape index (κ2) is 7.67. The van der Waals surface area contributed by atoms with Crippen LogP contribution in [0.25, 0.3) is 0 Å². The van der Waals surface area contributed by atoms with Gasteiger partial charge >= 0.3 is 11.9 Å². The van der Waals surface area contributed by atoms with Crippen LogP contribution >= 0.6 is 0 Å². The molecule has 0 fully saturated rings. The van der Waals surface area contributed by atoms with Crippen molar-refractivity contribution in [3.8, 4) is 6.07 Å². The van der Waals surface area contributed by atoms with Crippen molar-refractivity contribution in [2.24, 2.45) is 11.1 Å². The van der Waals surface area contributed by atoms with Gasteiger partial charge in [-0.05, 0) is 25.5 Å². The van der Waals surface area contributed by atoms with Gasteiger partial charge in [-0.1, -0.05) is 36.4 Å². The molecule has 1 aliphatic rings. The molecule has 0 spiro atoms. The number of ether oxygens (including phenoxy) is 2. The van der Waals surface area contributed by atoms with Crippen LogP contribution in [0.3, 0.4) is 0 Å². The molecule has 0 saturated heterocycles. The molecule has 2 N–H and O–H groups in total. The van der Waals surface area contributed by atoms with Gasteiger partial charge < -0.3 is 15.2 Å². The summed E-state index contributed by atoms with van der Waals surface area (Å²) < 4.78 is 10.1. The van der Waals surface area contributed by atoms with Gasteiger partial charge in [0.05, 0.1) is 30.6 Å². The fourth-order valence-electron chi connectivity index (χ4n) is 2.87. The minimum Gasteiger partial charge on any atom is -0.464 e. The van der Waals surface area contributed by atoms with E-state index in [9.17, 15) is 14.9 Å². The molecule has 0 aromatic heterocycles. The maximum absolute atomic E-state index is 12.7. The number of rotatable bonds is 5. The van der Waals surface area contributed by atoms with Crippen molar-refractivity contribution in [3.05, 3.63) is 59.3 Å². The first-order valence-electron chi connectivity index (χ1n) is 8.01. The van der Waals surface area contributed by atoms with Gasteiger partial charge in [0, 0.05) is 5.92 Å².